The van der Waals surface area contributed by atoms with Crippen LogP contribution in [0.1, 0.15) is 5.56 Å². The summed E-state index contributed by atoms with van der Waals surface area (Å²) in [5, 5.41) is 10.7. The first-order chi connectivity index (χ1) is 10.0. The fraction of sp³-hybridized carbons (Fsp3) is 0.200. The summed E-state index contributed by atoms with van der Waals surface area (Å²) in [5.74, 6) is -0.873. The van der Waals surface area contributed by atoms with Gasteiger partial charge in [-0.15, -0.1) is 0 Å². The molecule has 0 amide bonds. The molecule has 0 aromatic heterocycles. The fourth-order valence-electron chi connectivity index (χ4n) is 2.51. The van der Waals surface area contributed by atoms with Crippen LogP contribution in [0.15, 0.2) is 24.3 Å². The van der Waals surface area contributed by atoms with E-state index >= 15 is 0 Å². The second kappa shape index (κ2) is 5.37. The summed E-state index contributed by atoms with van der Waals surface area (Å²) >= 11 is 12.3. The molecule has 3 nitrogen and oxygen atoms in total. The van der Waals surface area contributed by atoms with Gasteiger partial charge < -0.3 is 15.6 Å². The number of fused-ring (bicyclic) bond motifs is 1. The van der Waals surface area contributed by atoms with Crippen molar-refractivity contribution in [3.8, 4) is 22.6 Å². The van der Waals surface area contributed by atoms with Crippen LogP contribution < -0.4 is 10.5 Å². The lowest BCUT2D eigenvalue weighted by molar-refractivity contribution is 0.241. The number of phenols is 1. The Balaban J connectivity index is 2.29. The Bertz CT molecular complexity index is 701. The van der Waals surface area contributed by atoms with Gasteiger partial charge in [0, 0.05) is 24.1 Å². The maximum Gasteiger partial charge on any atom is 0.166 e. The molecule has 2 aromatic rings. The molecule has 1 atom stereocenters. The molecule has 3 rings (SSSR count). The molecule has 0 aliphatic carbocycles. The first kappa shape index (κ1) is 14.4. The van der Waals surface area contributed by atoms with E-state index in [1.54, 1.807) is 18.2 Å². The summed E-state index contributed by atoms with van der Waals surface area (Å²) in [6, 6.07) is 6.17. The Hall–Kier alpha value is -1.49. The molecule has 0 saturated carbocycles. The summed E-state index contributed by atoms with van der Waals surface area (Å²) in [7, 11) is 0. The molecule has 1 unspecified atom stereocenters. The van der Waals surface area contributed by atoms with Crippen LogP contribution in [-0.4, -0.2) is 17.8 Å². The van der Waals surface area contributed by atoms with Crippen molar-refractivity contribution in [2.45, 2.75) is 12.5 Å². The van der Waals surface area contributed by atoms with Crippen LogP contribution in [-0.2, 0) is 6.42 Å². The molecular formula is C15H12Cl2FNO2. The van der Waals surface area contributed by atoms with E-state index in [1.807, 2.05) is 0 Å². The smallest absolute Gasteiger partial charge is 0.166 e. The number of rotatable bonds is 2. The van der Waals surface area contributed by atoms with Gasteiger partial charge in [0.1, 0.15) is 11.9 Å². The average molecular weight is 328 g/mol. The first-order valence-corrected chi connectivity index (χ1v) is 7.14. The lowest BCUT2D eigenvalue weighted by Crippen LogP contribution is -2.24. The molecule has 110 valence electrons. The predicted octanol–water partition coefficient (Wildman–Crippen LogP) is 3.77. The molecule has 0 radical (unpaired) electrons. The zero-order valence-electron chi connectivity index (χ0n) is 10.9. The van der Waals surface area contributed by atoms with Crippen molar-refractivity contribution < 1.29 is 14.2 Å². The quantitative estimate of drug-likeness (QED) is 0.882. The molecule has 0 spiro atoms. The van der Waals surface area contributed by atoms with Gasteiger partial charge in [-0.3, -0.25) is 0 Å². The van der Waals surface area contributed by atoms with Crippen LogP contribution in [0.3, 0.4) is 0 Å². The van der Waals surface area contributed by atoms with Crippen LogP contribution in [0.2, 0.25) is 10.0 Å². The number of halogens is 3. The van der Waals surface area contributed by atoms with Gasteiger partial charge in [0.2, 0.25) is 0 Å². The van der Waals surface area contributed by atoms with Gasteiger partial charge in [0.15, 0.2) is 11.6 Å². The largest absolute Gasteiger partial charge is 0.504 e. The normalized spacial score (nSPS) is 16.7. The van der Waals surface area contributed by atoms with Crippen LogP contribution in [0.25, 0.3) is 11.1 Å². The Morgan fingerprint density at radius 2 is 1.95 bits per heavy atom. The minimum Gasteiger partial charge on any atom is -0.504 e. The van der Waals surface area contributed by atoms with Crippen molar-refractivity contribution in [3.05, 3.63) is 45.7 Å². The van der Waals surface area contributed by atoms with E-state index in [9.17, 15) is 9.50 Å². The van der Waals surface area contributed by atoms with Crippen molar-refractivity contribution in [1.29, 1.82) is 0 Å². The summed E-state index contributed by atoms with van der Waals surface area (Å²) < 4.78 is 19.7. The topological polar surface area (TPSA) is 55.5 Å². The van der Waals surface area contributed by atoms with Gasteiger partial charge in [0.05, 0.1) is 15.6 Å². The summed E-state index contributed by atoms with van der Waals surface area (Å²) in [6.45, 7) is 0.298. The molecule has 0 fully saturated rings. The molecule has 2 aromatic carbocycles. The van der Waals surface area contributed by atoms with E-state index in [4.69, 9.17) is 33.7 Å². The summed E-state index contributed by atoms with van der Waals surface area (Å²) in [4.78, 5) is 0. The van der Waals surface area contributed by atoms with E-state index < -0.39 is 11.6 Å². The number of hydrogen-bond acceptors (Lipinski definition) is 3. The summed E-state index contributed by atoms with van der Waals surface area (Å²) in [5.41, 5.74) is 6.78. The van der Waals surface area contributed by atoms with E-state index in [1.165, 1.54) is 6.07 Å². The number of ether oxygens (including phenoxy) is 1. The number of aromatic hydroxyl groups is 1. The van der Waals surface area contributed by atoms with Gasteiger partial charge in [-0.2, -0.15) is 0 Å². The van der Waals surface area contributed by atoms with E-state index in [-0.39, 0.29) is 11.7 Å². The van der Waals surface area contributed by atoms with Gasteiger partial charge in [-0.25, -0.2) is 4.39 Å². The Morgan fingerprint density at radius 3 is 2.57 bits per heavy atom. The Morgan fingerprint density at radius 1 is 1.29 bits per heavy atom. The predicted molar refractivity (Wildman–Crippen MR) is 80.7 cm³/mol. The highest BCUT2D eigenvalue weighted by atomic mass is 35.5. The maximum atomic E-state index is 14.0. The molecule has 6 heteroatoms. The number of nitrogens with two attached hydrogens (primary N) is 1. The lowest BCUT2D eigenvalue weighted by atomic mass is 9.99. The van der Waals surface area contributed by atoms with Gasteiger partial charge in [-0.1, -0.05) is 29.3 Å². The Labute approximate surface area is 131 Å². The molecule has 1 aliphatic heterocycles. The van der Waals surface area contributed by atoms with Gasteiger partial charge >= 0.3 is 0 Å². The number of hydrogen-bond donors (Lipinski definition) is 2. The molecule has 0 bridgehead atoms. The van der Waals surface area contributed by atoms with E-state index in [2.05, 4.69) is 0 Å². The molecule has 0 saturated heterocycles. The molecular weight excluding hydrogens is 316 g/mol. The second-order valence-electron chi connectivity index (χ2n) is 4.85. The summed E-state index contributed by atoms with van der Waals surface area (Å²) in [6.07, 6.45) is 0.235. The minimum absolute atomic E-state index is 0.177. The fourth-order valence-corrected chi connectivity index (χ4v) is 3.10. The molecule has 1 heterocycles. The maximum absolute atomic E-state index is 14.0. The number of benzene rings is 2. The molecule has 3 N–H and O–H groups in total. The molecule has 21 heavy (non-hydrogen) atoms. The van der Waals surface area contributed by atoms with Gasteiger partial charge in [0.25, 0.3) is 0 Å². The first-order valence-electron chi connectivity index (χ1n) is 6.38. The van der Waals surface area contributed by atoms with Crippen LogP contribution >= 0.6 is 23.2 Å². The van der Waals surface area contributed by atoms with Crippen LogP contribution in [0.5, 0.6) is 11.5 Å². The van der Waals surface area contributed by atoms with Crippen LogP contribution in [0.4, 0.5) is 4.39 Å². The standard InChI is InChI=1S/C15H12Cl2FNO2/c16-9-2-1-3-10(17)12(9)13-14(20)11(18)5-7-4-8(6-19)21-15(7)13/h1-3,5,8,20H,4,6,19H2. The zero-order valence-corrected chi connectivity index (χ0v) is 12.4. The SMILES string of the molecule is NCC1Cc2cc(F)c(O)c(-c3c(Cl)cccc3Cl)c2O1. The highest BCUT2D eigenvalue weighted by Crippen LogP contribution is 2.49. The third-order valence-electron chi connectivity index (χ3n) is 3.49. The monoisotopic (exact) mass is 327 g/mol. The van der Waals surface area contributed by atoms with Crippen LogP contribution in [0, 0.1) is 5.82 Å². The highest BCUT2D eigenvalue weighted by molar-refractivity contribution is 6.39. The van der Waals surface area contributed by atoms with Crippen molar-refractivity contribution in [3.63, 3.8) is 0 Å². The van der Waals surface area contributed by atoms with Crippen molar-refractivity contribution in [2.75, 3.05) is 6.54 Å². The Kier molecular flexibility index (Phi) is 3.69. The van der Waals surface area contributed by atoms with Crippen molar-refractivity contribution in [2.24, 2.45) is 5.73 Å². The van der Waals surface area contributed by atoms with Gasteiger partial charge in [-0.05, 0) is 18.2 Å². The van der Waals surface area contributed by atoms with Crippen molar-refractivity contribution >= 4 is 23.2 Å². The second-order valence-corrected chi connectivity index (χ2v) is 5.66. The minimum atomic E-state index is -0.735. The zero-order chi connectivity index (χ0) is 15.1. The van der Waals surface area contributed by atoms with E-state index in [0.29, 0.717) is 39.9 Å². The number of phenolic OH excluding ortho intramolecular Hbond substituents is 1. The molecule has 1 aliphatic rings. The third-order valence-corrected chi connectivity index (χ3v) is 4.12. The third kappa shape index (κ3) is 2.33. The lowest BCUT2D eigenvalue weighted by Gasteiger charge is -2.15. The van der Waals surface area contributed by atoms with Crippen molar-refractivity contribution in [1.82, 2.24) is 0 Å². The average Bonchev–Trinajstić information content (AvgIpc) is 2.85. The highest BCUT2D eigenvalue weighted by Gasteiger charge is 2.30. The van der Waals surface area contributed by atoms with E-state index in [0.717, 1.165) is 0 Å².